The molecule has 0 saturated carbocycles. The van der Waals surface area contributed by atoms with Crippen molar-refractivity contribution in [2.75, 3.05) is 26.2 Å². The van der Waals surface area contributed by atoms with Gasteiger partial charge in [0, 0.05) is 0 Å². The molecular weight excluding hydrogens is 462 g/mol. The molecule has 194 valence electrons. The Morgan fingerprint density at radius 2 is 0.833 bits per heavy atom. The molecule has 0 amide bonds. The summed E-state index contributed by atoms with van der Waals surface area (Å²) < 4.78 is 29.1. The highest BCUT2D eigenvalue weighted by Crippen LogP contribution is 2.40. The Morgan fingerprint density at radius 3 is 1.19 bits per heavy atom. The number of nitrogens with two attached hydrogens (primary N) is 4. The maximum absolute atomic E-state index is 14.5. The van der Waals surface area contributed by atoms with E-state index in [9.17, 15) is 19.0 Å². The summed E-state index contributed by atoms with van der Waals surface area (Å²) in [6.07, 6.45) is 1.82. The molecule has 0 saturated heterocycles. The molecule has 3 rings (SSSR count). The predicted molar refractivity (Wildman–Crippen MR) is 141 cm³/mol. The molecule has 0 aliphatic rings. The van der Waals surface area contributed by atoms with E-state index in [1.54, 1.807) is 36.4 Å². The van der Waals surface area contributed by atoms with E-state index >= 15 is 0 Å². The lowest BCUT2D eigenvalue weighted by Gasteiger charge is -2.21. The second-order valence-corrected chi connectivity index (χ2v) is 8.87. The number of hydrogen-bond acceptors (Lipinski definition) is 6. The zero-order valence-electron chi connectivity index (χ0n) is 20.5. The fourth-order valence-corrected chi connectivity index (χ4v) is 4.92. The van der Waals surface area contributed by atoms with E-state index in [1.165, 1.54) is 0 Å². The number of aromatic hydroxyl groups is 2. The molecule has 0 unspecified atom stereocenters. The molecule has 0 heterocycles. The van der Waals surface area contributed by atoms with Crippen LogP contribution in [0.3, 0.4) is 0 Å². The van der Waals surface area contributed by atoms with Crippen LogP contribution in [0.25, 0.3) is 22.3 Å². The number of benzene rings is 3. The average molecular weight is 499 g/mol. The van der Waals surface area contributed by atoms with Gasteiger partial charge in [-0.3, -0.25) is 0 Å². The van der Waals surface area contributed by atoms with Crippen molar-refractivity contribution in [3.05, 3.63) is 69.8 Å². The molecule has 0 bridgehead atoms. The summed E-state index contributed by atoms with van der Waals surface area (Å²) in [5.74, 6) is 0.222. The highest BCUT2D eigenvalue weighted by Gasteiger charge is 2.20. The van der Waals surface area contributed by atoms with Gasteiger partial charge in [0.05, 0.1) is 0 Å². The van der Waals surface area contributed by atoms with E-state index < -0.39 is 13.3 Å². The Labute approximate surface area is 210 Å². The Hall–Kier alpha value is -3.04. The topological polar surface area (TPSA) is 145 Å². The van der Waals surface area contributed by atoms with Gasteiger partial charge in [0.2, 0.25) is 0 Å². The van der Waals surface area contributed by atoms with Gasteiger partial charge in [-0.1, -0.05) is 0 Å². The SMILES string of the molecule is NCCc1cc(-c2c(CF)cc(-c3c(CCN)cc(O)cc3CCN)cc2CF)cc(CCN)c1O. The van der Waals surface area contributed by atoms with Crippen molar-refractivity contribution in [3.8, 4) is 33.8 Å². The number of halogens is 2. The molecule has 36 heavy (non-hydrogen) atoms. The van der Waals surface area contributed by atoms with E-state index in [4.69, 9.17) is 22.9 Å². The molecule has 10 N–H and O–H groups in total. The Morgan fingerprint density at radius 1 is 0.500 bits per heavy atom. The summed E-state index contributed by atoms with van der Waals surface area (Å²) in [6.45, 7) is -0.289. The zero-order valence-corrected chi connectivity index (χ0v) is 20.5. The van der Waals surface area contributed by atoms with Crippen molar-refractivity contribution in [1.82, 2.24) is 0 Å². The monoisotopic (exact) mass is 498 g/mol. The van der Waals surface area contributed by atoms with Crippen LogP contribution in [0.4, 0.5) is 8.78 Å². The van der Waals surface area contributed by atoms with Gasteiger partial charge in [0.25, 0.3) is 0 Å². The summed E-state index contributed by atoms with van der Waals surface area (Å²) in [6, 6.07) is 10.2. The van der Waals surface area contributed by atoms with Crippen molar-refractivity contribution in [3.63, 3.8) is 0 Å². The summed E-state index contributed by atoms with van der Waals surface area (Å²) in [5.41, 5.74) is 29.1. The van der Waals surface area contributed by atoms with Gasteiger partial charge >= 0.3 is 0 Å². The van der Waals surface area contributed by atoms with E-state index in [-0.39, 0.29) is 11.5 Å². The lowest BCUT2D eigenvalue weighted by molar-refractivity contribution is 0.461. The lowest BCUT2D eigenvalue weighted by atomic mass is 9.85. The minimum absolute atomic E-state index is 0.0997. The van der Waals surface area contributed by atoms with Crippen molar-refractivity contribution in [2.45, 2.75) is 39.0 Å². The van der Waals surface area contributed by atoms with Crippen LogP contribution >= 0.6 is 0 Å². The Bertz CT molecular complexity index is 1120. The first kappa shape index (κ1) is 27.5. The standard InChI is InChI=1S/C28H36F2N4O2/c29-15-23-11-22(26-17(1-5-31)13-25(35)14-18(26)2-6-32)12-24(16-30)27(23)21-9-19(3-7-33)28(36)20(10-21)4-8-34/h9-14,35-36H,1-8,15-16,31-34H2. The molecule has 3 aromatic rings. The van der Waals surface area contributed by atoms with Gasteiger partial charge in [0.1, 0.15) is 24.8 Å². The summed E-state index contributed by atoms with van der Waals surface area (Å²) >= 11 is 0. The molecule has 0 aromatic heterocycles. The van der Waals surface area contributed by atoms with E-state index in [0.717, 1.165) is 16.7 Å². The smallest absolute Gasteiger partial charge is 0.122 e. The lowest BCUT2D eigenvalue weighted by Crippen LogP contribution is -2.09. The molecule has 6 nitrogen and oxygen atoms in total. The molecule has 0 aliphatic carbocycles. The minimum atomic E-state index is -0.813. The van der Waals surface area contributed by atoms with Gasteiger partial charge in [-0.15, -0.1) is 0 Å². The molecule has 0 atom stereocenters. The molecule has 0 aliphatic heterocycles. The molecular formula is C28H36F2N4O2. The van der Waals surface area contributed by atoms with Crippen LogP contribution in [-0.4, -0.2) is 36.4 Å². The number of alkyl halides is 2. The van der Waals surface area contributed by atoms with E-state index in [0.29, 0.717) is 90.8 Å². The second-order valence-electron chi connectivity index (χ2n) is 8.87. The predicted octanol–water partition coefficient (Wildman–Crippen LogP) is 3.38. The summed E-state index contributed by atoms with van der Waals surface area (Å²) in [7, 11) is 0. The summed E-state index contributed by atoms with van der Waals surface area (Å²) in [4.78, 5) is 0. The first-order chi connectivity index (χ1) is 17.4. The highest BCUT2D eigenvalue weighted by molar-refractivity contribution is 5.81. The van der Waals surface area contributed by atoms with Crippen LogP contribution in [0.2, 0.25) is 0 Å². The second kappa shape index (κ2) is 12.8. The van der Waals surface area contributed by atoms with Crippen LogP contribution in [0.5, 0.6) is 11.5 Å². The number of rotatable bonds is 12. The van der Waals surface area contributed by atoms with Gasteiger partial charge < -0.3 is 33.1 Å². The molecule has 0 spiro atoms. The van der Waals surface area contributed by atoms with Crippen LogP contribution in [0.15, 0.2) is 36.4 Å². The zero-order chi connectivity index (χ0) is 26.2. The van der Waals surface area contributed by atoms with Gasteiger partial charge in [0.15, 0.2) is 0 Å². The maximum Gasteiger partial charge on any atom is 0.122 e. The third-order valence-electron chi connectivity index (χ3n) is 6.38. The fourth-order valence-electron chi connectivity index (χ4n) is 4.92. The minimum Gasteiger partial charge on any atom is -0.508 e. The van der Waals surface area contributed by atoms with Crippen LogP contribution in [-0.2, 0) is 39.0 Å². The Kier molecular flexibility index (Phi) is 9.78. The third-order valence-corrected chi connectivity index (χ3v) is 6.38. The average Bonchev–Trinajstić information content (AvgIpc) is 2.86. The van der Waals surface area contributed by atoms with Crippen molar-refractivity contribution >= 4 is 0 Å². The molecule has 8 heteroatoms. The van der Waals surface area contributed by atoms with Crippen molar-refractivity contribution in [2.24, 2.45) is 22.9 Å². The maximum atomic E-state index is 14.5. The van der Waals surface area contributed by atoms with E-state index in [1.807, 2.05) is 0 Å². The third kappa shape index (κ3) is 5.84. The molecule has 0 fully saturated rings. The number of hydrogen-bond donors (Lipinski definition) is 6. The van der Waals surface area contributed by atoms with Crippen LogP contribution < -0.4 is 22.9 Å². The van der Waals surface area contributed by atoms with Gasteiger partial charge in [-0.05, 0) is 144 Å². The molecule has 0 radical (unpaired) electrons. The molecule has 3 aromatic carbocycles. The number of phenolic OH excluding ortho intramolecular Hbond substituents is 2. The quantitative estimate of drug-likeness (QED) is 0.226. The largest absolute Gasteiger partial charge is 0.508 e. The van der Waals surface area contributed by atoms with Crippen molar-refractivity contribution in [1.29, 1.82) is 0 Å². The number of phenols is 2. The van der Waals surface area contributed by atoms with Gasteiger partial charge in [-0.2, -0.15) is 0 Å². The van der Waals surface area contributed by atoms with Crippen LogP contribution in [0, 0.1) is 0 Å². The van der Waals surface area contributed by atoms with E-state index in [2.05, 4.69) is 0 Å². The fraction of sp³-hybridized carbons (Fsp3) is 0.357. The van der Waals surface area contributed by atoms with Gasteiger partial charge in [-0.25, -0.2) is 8.78 Å². The normalized spacial score (nSPS) is 11.3. The van der Waals surface area contributed by atoms with Crippen molar-refractivity contribution < 1.29 is 19.0 Å². The first-order valence-corrected chi connectivity index (χ1v) is 12.2. The van der Waals surface area contributed by atoms with Crippen LogP contribution in [0.1, 0.15) is 33.4 Å². The highest BCUT2D eigenvalue weighted by atomic mass is 19.1. The first-order valence-electron chi connectivity index (χ1n) is 12.2. The summed E-state index contributed by atoms with van der Waals surface area (Å²) in [5, 5.41) is 20.9. The Balaban J connectivity index is 2.30.